The Kier molecular flexibility index (Phi) is 7.76. The van der Waals surface area contributed by atoms with Crippen molar-refractivity contribution in [2.75, 3.05) is 0 Å². The predicted molar refractivity (Wildman–Crippen MR) is 249 cm³/mol. The lowest BCUT2D eigenvalue weighted by Gasteiger charge is -2.34. The maximum atomic E-state index is 5.53. The van der Waals surface area contributed by atoms with Crippen molar-refractivity contribution in [3.8, 4) is 23.0 Å². The lowest BCUT2D eigenvalue weighted by molar-refractivity contribution is 0.980. The van der Waals surface area contributed by atoms with E-state index in [1.54, 1.807) is 0 Å². The molecule has 0 fully saturated rings. The minimum atomic E-state index is -2.84. The first-order valence-corrected chi connectivity index (χ1v) is 22.3. The van der Waals surface area contributed by atoms with Gasteiger partial charge in [0.2, 0.25) is 5.78 Å². The van der Waals surface area contributed by atoms with E-state index in [9.17, 15) is 0 Å². The first-order chi connectivity index (χ1) is 29.8. The molecule has 0 N–H and O–H groups in total. The quantitative estimate of drug-likeness (QED) is 0.120. The summed E-state index contributed by atoms with van der Waals surface area (Å²) in [7, 11) is -2.84. The van der Waals surface area contributed by atoms with Crippen LogP contribution in [0.4, 0.5) is 0 Å². The van der Waals surface area contributed by atoms with Crippen molar-refractivity contribution >= 4 is 78.5 Å². The van der Waals surface area contributed by atoms with E-state index in [1.165, 1.54) is 31.5 Å². The standard InChI is InChI=1S/C53H36N6Si/c1-4-20-38(21-5-1)60(39-22-6-2-7-23-39,40-24-8-3-9-25-40)41-26-18-19-37(35-41)52-55-50(57-45-30-13-10-27-42(45)43-28-11-14-31-46(43)57)36-51(56-52)59-49-34-17-16-33-48(49)58-47-32-15-12-29-44(47)54-53(58)59/h1-36H. The second-order valence-electron chi connectivity index (χ2n) is 15.3. The Morgan fingerprint density at radius 3 is 1.40 bits per heavy atom. The summed E-state index contributed by atoms with van der Waals surface area (Å²) in [5, 5.41) is 7.54. The van der Waals surface area contributed by atoms with E-state index in [0.29, 0.717) is 5.82 Å². The van der Waals surface area contributed by atoms with Gasteiger partial charge in [-0.3, -0.25) is 13.5 Å². The molecule has 4 heterocycles. The Labute approximate surface area is 346 Å². The van der Waals surface area contributed by atoms with Gasteiger partial charge < -0.3 is 0 Å². The van der Waals surface area contributed by atoms with Crippen LogP contribution in [-0.4, -0.2) is 36.6 Å². The van der Waals surface area contributed by atoms with Crippen LogP contribution < -0.4 is 20.7 Å². The van der Waals surface area contributed by atoms with Crippen LogP contribution >= 0.6 is 0 Å². The minimum Gasteiger partial charge on any atom is -0.294 e. The third-order valence-electron chi connectivity index (χ3n) is 12.0. The van der Waals surface area contributed by atoms with E-state index in [2.05, 4.69) is 226 Å². The molecule has 0 aliphatic rings. The lowest BCUT2D eigenvalue weighted by Crippen LogP contribution is -2.74. The van der Waals surface area contributed by atoms with Crippen LogP contribution in [0.25, 0.3) is 72.7 Å². The molecule has 12 aromatic rings. The summed E-state index contributed by atoms with van der Waals surface area (Å²) in [6.45, 7) is 0. The largest absolute Gasteiger partial charge is 0.294 e. The zero-order valence-electron chi connectivity index (χ0n) is 32.5. The SMILES string of the molecule is c1ccc([Si](c2ccccc2)(c2ccccc2)c2cccc(-c3nc(-n4c5ccccc5c5ccccc54)cc(-n4c5ccccc5n5c6ccccc6nc45)n3)c2)cc1. The van der Waals surface area contributed by atoms with Crippen LogP contribution in [0.2, 0.25) is 0 Å². The zero-order chi connectivity index (χ0) is 39.6. The van der Waals surface area contributed by atoms with Gasteiger partial charge >= 0.3 is 0 Å². The fraction of sp³-hybridized carbons (Fsp3) is 0. The monoisotopic (exact) mass is 784 g/mol. The Bertz CT molecular complexity index is 3400. The second-order valence-corrected chi connectivity index (χ2v) is 19.1. The van der Waals surface area contributed by atoms with Gasteiger partial charge in [-0.1, -0.05) is 176 Å². The molecule has 0 radical (unpaired) electrons. The van der Waals surface area contributed by atoms with E-state index in [1.807, 2.05) is 6.07 Å². The van der Waals surface area contributed by atoms with Gasteiger partial charge in [-0.2, -0.15) is 0 Å². The van der Waals surface area contributed by atoms with Gasteiger partial charge in [-0.05, 0) is 57.1 Å². The molecule has 0 unspecified atom stereocenters. The van der Waals surface area contributed by atoms with Crippen LogP contribution in [0.5, 0.6) is 0 Å². The molecule has 0 atom stereocenters. The Hall–Kier alpha value is -7.87. The summed E-state index contributed by atoms with van der Waals surface area (Å²) in [4.78, 5) is 16.3. The number of rotatable bonds is 7. The average Bonchev–Trinajstić information content (AvgIpc) is 3.97. The molecule has 0 spiro atoms. The van der Waals surface area contributed by atoms with E-state index in [0.717, 1.165) is 56.1 Å². The summed E-state index contributed by atoms with van der Waals surface area (Å²) in [5.74, 6) is 2.95. The van der Waals surface area contributed by atoms with Crippen LogP contribution in [0.15, 0.2) is 218 Å². The maximum Gasteiger partial charge on any atom is 0.221 e. The van der Waals surface area contributed by atoms with Crippen molar-refractivity contribution < 1.29 is 0 Å². The molecule has 7 heteroatoms. The molecular weight excluding hydrogens is 749 g/mol. The Morgan fingerprint density at radius 2 is 0.800 bits per heavy atom. The van der Waals surface area contributed by atoms with E-state index in [-0.39, 0.29) is 0 Å². The number of fused-ring (bicyclic) bond motifs is 8. The number of para-hydroxylation sites is 6. The molecule has 0 aliphatic carbocycles. The van der Waals surface area contributed by atoms with Gasteiger partial charge in [-0.15, -0.1) is 0 Å². The molecule has 6 nitrogen and oxygen atoms in total. The fourth-order valence-electron chi connectivity index (χ4n) is 9.48. The van der Waals surface area contributed by atoms with E-state index < -0.39 is 8.07 Å². The Balaban J connectivity index is 1.17. The van der Waals surface area contributed by atoms with Crippen molar-refractivity contribution in [3.05, 3.63) is 218 Å². The van der Waals surface area contributed by atoms with Gasteiger partial charge in [-0.25, -0.2) is 15.0 Å². The highest BCUT2D eigenvalue weighted by molar-refractivity contribution is 7.19. The number of aromatic nitrogens is 6. The molecule has 0 amide bonds. The fourth-order valence-corrected chi connectivity index (χ4v) is 14.3. The smallest absolute Gasteiger partial charge is 0.221 e. The van der Waals surface area contributed by atoms with Crippen LogP contribution in [0.1, 0.15) is 0 Å². The molecule has 282 valence electrons. The molecule has 0 aliphatic heterocycles. The lowest BCUT2D eigenvalue weighted by atomic mass is 10.2. The number of hydrogen-bond donors (Lipinski definition) is 0. The molecule has 12 rings (SSSR count). The van der Waals surface area contributed by atoms with Gasteiger partial charge in [0.1, 0.15) is 11.6 Å². The van der Waals surface area contributed by atoms with Gasteiger partial charge in [0.25, 0.3) is 0 Å². The first-order valence-electron chi connectivity index (χ1n) is 20.3. The molecule has 8 aromatic carbocycles. The van der Waals surface area contributed by atoms with Gasteiger partial charge in [0.15, 0.2) is 13.9 Å². The maximum absolute atomic E-state index is 5.53. The summed E-state index contributed by atoms with van der Waals surface area (Å²) in [5.41, 5.74) is 7.17. The molecule has 4 aromatic heterocycles. The van der Waals surface area contributed by atoms with Crippen molar-refractivity contribution in [2.24, 2.45) is 0 Å². The summed E-state index contributed by atoms with van der Waals surface area (Å²) >= 11 is 0. The summed E-state index contributed by atoms with van der Waals surface area (Å²) < 4.78 is 6.72. The third-order valence-corrected chi connectivity index (χ3v) is 16.8. The second kappa shape index (κ2) is 13.6. The number of hydrogen-bond acceptors (Lipinski definition) is 3. The molecular formula is C53H36N6Si. The zero-order valence-corrected chi connectivity index (χ0v) is 33.5. The van der Waals surface area contributed by atoms with Crippen molar-refractivity contribution in [1.29, 1.82) is 0 Å². The summed E-state index contributed by atoms with van der Waals surface area (Å²) in [6.07, 6.45) is 0. The predicted octanol–water partition coefficient (Wildman–Crippen LogP) is 9.36. The Morgan fingerprint density at radius 1 is 0.333 bits per heavy atom. The van der Waals surface area contributed by atoms with Crippen LogP contribution in [0, 0.1) is 0 Å². The molecule has 60 heavy (non-hydrogen) atoms. The van der Waals surface area contributed by atoms with E-state index >= 15 is 0 Å². The first kappa shape index (κ1) is 34.2. The normalized spacial score (nSPS) is 12.0. The van der Waals surface area contributed by atoms with Crippen molar-refractivity contribution in [3.63, 3.8) is 0 Å². The number of imidazole rings is 2. The number of nitrogens with zero attached hydrogens (tertiary/aromatic N) is 6. The molecule has 0 saturated carbocycles. The van der Waals surface area contributed by atoms with Crippen molar-refractivity contribution in [1.82, 2.24) is 28.5 Å². The van der Waals surface area contributed by atoms with Crippen molar-refractivity contribution in [2.45, 2.75) is 0 Å². The summed E-state index contributed by atoms with van der Waals surface area (Å²) in [6, 6.07) is 78.2. The minimum absolute atomic E-state index is 0.635. The highest BCUT2D eigenvalue weighted by Gasteiger charge is 2.41. The molecule has 0 saturated heterocycles. The highest BCUT2D eigenvalue weighted by Crippen LogP contribution is 2.34. The van der Waals surface area contributed by atoms with Crippen LogP contribution in [0.3, 0.4) is 0 Å². The highest BCUT2D eigenvalue weighted by atomic mass is 28.3. The average molecular weight is 785 g/mol. The third kappa shape index (κ3) is 5.09. The van der Waals surface area contributed by atoms with Gasteiger partial charge in [0.05, 0.1) is 33.1 Å². The van der Waals surface area contributed by atoms with E-state index in [4.69, 9.17) is 15.0 Å². The van der Waals surface area contributed by atoms with Gasteiger partial charge in [0, 0.05) is 22.4 Å². The molecule has 0 bridgehead atoms. The number of benzene rings is 8. The van der Waals surface area contributed by atoms with Crippen LogP contribution in [-0.2, 0) is 0 Å². The topological polar surface area (TPSA) is 52.9 Å².